The Morgan fingerprint density at radius 3 is 2.34 bits per heavy atom. The SMILES string of the molecule is COC(=O)[C@@H](N)Cc1ccc(C2CC(=O)NS2(=O)=O)c(Br)c1.O=C(O)C(F)(F)F. The van der Waals surface area contributed by atoms with Gasteiger partial charge in [-0.2, -0.15) is 13.2 Å². The van der Waals surface area contributed by atoms with Crippen LogP contribution in [0.4, 0.5) is 13.2 Å². The molecular formula is C15H16BrF3N2O7S. The summed E-state index contributed by atoms with van der Waals surface area (Å²) >= 11 is 3.31. The fraction of sp³-hybridized carbons (Fsp3) is 0.400. The fourth-order valence-corrected chi connectivity index (χ4v) is 4.58. The quantitative estimate of drug-likeness (QED) is 0.513. The number of carboxylic acids is 1. The molecule has 1 amide bonds. The summed E-state index contributed by atoms with van der Waals surface area (Å²) in [7, 11) is -2.43. The molecule has 0 aromatic heterocycles. The molecule has 29 heavy (non-hydrogen) atoms. The first kappa shape index (κ1) is 24.8. The summed E-state index contributed by atoms with van der Waals surface area (Å²) in [5.41, 5.74) is 6.94. The third-order valence-corrected chi connectivity index (χ3v) is 5.98. The molecule has 2 atom stereocenters. The van der Waals surface area contributed by atoms with Crippen molar-refractivity contribution in [1.29, 1.82) is 0 Å². The van der Waals surface area contributed by atoms with E-state index in [9.17, 15) is 31.2 Å². The number of hydrogen-bond donors (Lipinski definition) is 3. The number of carbonyl (C=O) groups excluding carboxylic acids is 2. The maximum absolute atomic E-state index is 11.9. The molecule has 1 unspecified atom stereocenters. The Kier molecular flexibility index (Phi) is 8.17. The zero-order valence-corrected chi connectivity index (χ0v) is 17.1. The molecule has 1 fully saturated rings. The number of amides is 1. The lowest BCUT2D eigenvalue weighted by Gasteiger charge is -2.13. The van der Waals surface area contributed by atoms with Gasteiger partial charge in [-0.15, -0.1) is 0 Å². The molecule has 0 saturated carbocycles. The zero-order valence-electron chi connectivity index (χ0n) is 14.7. The Balaban J connectivity index is 0.000000516. The maximum atomic E-state index is 11.9. The van der Waals surface area contributed by atoms with Crippen LogP contribution in [0.5, 0.6) is 0 Å². The van der Waals surface area contributed by atoms with Crippen molar-refractivity contribution in [1.82, 2.24) is 4.72 Å². The lowest BCUT2D eigenvalue weighted by molar-refractivity contribution is -0.192. The van der Waals surface area contributed by atoms with Crippen molar-refractivity contribution < 1.29 is 45.8 Å². The monoisotopic (exact) mass is 504 g/mol. The second-order valence-electron chi connectivity index (χ2n) is 5.76. The van der Waals surface area contributed by atoms with Crippen LogP contribution < -0.4 is 10.5 Å². The number of methoxy groups -OCH3 is 1. The number of nitrogens with two attached hydrogens (primary N) is 1. The summed E-state index contributed by atoms with van der Waals surface area (Å²) in [6.45, 7) is 0. The number of carbonyl (C=O) groups is 3. The minimum absolute atomic E-state index is 0.109. The molecule has 162 valence electrons. The van der Waals surface area contributed by atoms with Crippen LogP contribution in [0.2, 0.25) is 0 Å². The number of ether oxygens (including phenoxy) is 1. The number of aliphatic carboxylic acids is 1. The molecule has 1 aromatic rings. The number of alkyl halides is 3. The molecule has 0 bridgehead atoms. The number of sulfonamides is 1. The molecule has 1 heterocycles. The van der Waals surface area contributed by atoms with Gasteiger partial charge < -0.3 is 15.6 Å². The Morgan fingerprint density at radius 1 is 1.41 bits per heavy atom. The van der Waals surface area contributed by atoms with Crippen LogP contribution >= 0.6 is 15.9 Å². The smallest absolute Gasteiger partial charge is 0.475 e. The van der Waals surface area contributed by atoms with Crippen LogP contribution in [-0.2, 0) is 35.6 Å². The van der Waals surface area contributed by atoms with Crippen LogP contribution in [0, 0.1) is 0 Å². The van der Waals surface area contributed by atoms with E-state index in [1.54, 1.807) is 18.2 Å². The van der Waals surface area contributed by atoms with Crippen LogP contribution in [-0.4, -0.2) is 50.7 Å². The number of rotatable bonds is 4. The van der Waals surface area contributed by atoms with Gasteiger partial charge in [0, 0.05) is 4.47 Å². The van der Waals surface area contributed by atoms with Gasteiger partial charge in [-0.3, -0.25) is 14.3 Å². The Labute approximate surface area is 171 Å². The van der Waals surface area contributed by atoms with Gasteiger partial charge in [0.1, 0.15) is 11.3 Å². The van der Waals surface area contributed by atoms with Crippen molar-refractivity contribution in [3.05, 3.63) is 33.8 Å². The zero-order chi connectivity index (χ0) is 22.6. The second-order valence-corrected chi connectivity index (χ2v) is 8.47. The third kappa shape index (κ3) is 6.97. The van der Waals surface area contributed by atoms with E-state index in [-0.39, 0.29) is 12.8 Å². The third-order valence-electron chi connectivity index (χ3n) is 3.62. The average molecular weight is 505 g/mol. The summed E-state index contributed by atoms with van der Waals surface area (Å²) in [5, 5.41) is 6.21. The largest absolute Gasteiger partial charge is 0.490 e. The van der Waals surface area contributed by atoms with Crippen molar-refractivity contribution in [2.75, 3.05) is 7.11 Å². The van der Waals surface area contributed by atoms with E-state index in [4.69, 9.17) is 15.6 Å². The molecule has 0 radical (unpaired) electrons. The Bertz CT molecular complexity index is 906. The Morgan fingerprint density at radius 2 is 1.97 bits per heavy atom. The van der Waals surface area contributed by atoms with E-state index in [0.29, 0.717) is 10.0 Å². The van der Waals surface area contributed by atoms with Gasteiger partial charge in [-0.25, -0.2) is 13.2 Å². The molecule has 1 aliphatic rings. The predicted octanol–water partition coefficient (Wildman–Crippen LogP) is 1.02. The van der Waals surface area contributed by atoms with Crippen molar-refractivity contribution in [2.24, 2.45) is 5.73 Å². The van der Waals surface area contributed by atoms with Gasteiger partial charge in [-0.05, 0) is 23.6 Å². The molecule has 14 heteroatoms. The first-order valence-corrected chi connectivity index (χ1v) is 9.99. The minimum atomic E-state index is -5.08. The number of nitrogens with one attached hydrogen (secondary N) is 1. The molecule has 2 rings (SSSR count). The van der Waals surface area contributed by atoms with Crippen molar-refractivity contribution in [3.8, 4) is 0 Å². The number of carboxylic acid groups (broad SMARTS) is 1. The topological polar surface area (TPSA) is 153 Å². The molecule has 4 N–H and O–H groups in total. The first-order chi connectivity index (χ1) is 13.2. The van der Waals surface area contributed by atoms with Gasteiger partial charge in [0.25, 0.3) is 0 Å². The summed E-state index contributed by atoms with van der Waals surface area (Å²) in [5.74, 6) is -3.80. The summed E-state index contributed by atoms with van der Waals surface area (Å²) < 4.78 is 62.6. The second kappa shape index (κ2) is 9.54. The van der Waals surface area contributed by atoms with Crippen molar-refractivity contribution in [3.63, 3.8) is 0 Å². The minimum Gasteiger partial charge on any atom is -0.475 e. The van der Waals surface area contributed by atoms with Gasteiger partial charge in [0.2, 0.25) is 15.9 Å². The lowest BCUT2D eigenvalue weighted by Crippen LogP contribution is -2.33. The molecule has 1 aliphatic heterocycles. The number of esters is 1. The van der Waals surface area contributed by atoms with E-state index in [1.807, 2.05) is 4.72 Å². The van der Waals surface area contributed by atoms with E-state index in [0.717, 1.165) is 5.56 Å². The van der Waals surface area contributed by atoms with E-state index in [2.05, 4.69) is 20.7 Å². The predicted molar refractivity (Wildman–Crippen MR) is 95.9 cm³/mol. The highest BCUT2D eigenvalue weighted by atomic mass is 79.9. The van der Waals surface area contributed by atoms with Gasteiger partial charge in [0.15, 0.2) is 0 Å². The number of benzene rings is 1. The standard InChI is InChI=1S/C13H15BrN2O5S.C2HF3O2/c1-21-13(18)10(15)5-7-2-3-8(9(14)4-7)11-6-12(17)16-22(11,19)20;3-2(4,5)1(6)7/h2-4,10-11H,5-6,15H2,1H3,(H,16,17);(H,6,7)/t10-,11?;/m0./s1. The van der Waals surface area contributed by atoms with Crippen LogP contribution in [0.3, 0.4) is 0 Å². The highest BCUT2D eigenvalue weighted by molar-refractivity contribution is 9.10. The van der Waals surface area contributed by atoms with Gasteiger partial charge in [-0.1, -0.05) is 28.1 Å². The van der Waals surface area contributed by atoms with Gasteiger partial charge >= 0.3 is 18.1 Å². The molecule has 1 saturated heterocycles. The van der Waals surface area contributed by atoms with Crippen LogP contribution in [0.25, 0.3) is 0 Å². The highest BCUT2D eigenvalue weighted by Crippen LogP contribution is 2.35. The lowest BCUT2D eigenvalue weighted by atomic mass is 10.0. The molecule has 1 aromatic carbocycles. The Hall–Kier alpha value is -2.19. The summed E-state index contributed by atoms with van der Waals surface area (Å²) in [4.78, 5) is 31.5. The van der Waals surface area contributed by atoms with Gasteiger partial charge in [0.05, 0.1) is 13.5 Å². The first-order valence-electron chi connectivity index (χ1n) is 7.65. The van der Waals surface area contributed by atoms with Crippen LogP contribution in [0.1, 0.15) is 22.8 Å². The number of halogens is 4. The van der Waals surface area contributed by atoms with Crippen molar-refractivity contribution in [2.45, 2.75) is 30.3 Å². The number of hydrogen-bond acceptors (Lipinski definition) is 7. The molecule has 9 nitrogen and oxygen atoms in total. The van der Waals surface area contributed by atoms with E-state index < -0.39 is 45.3 Å². The van der Waals surface area contributed by atoms with Crippen LogP contribution in [0.15, 0.2) is 22.7 Å². The van der Waals surface area contributed by atoms with E-state index >= 15 is 0 Å². The van der Waals surface area contributed by atoms with Crippen molar-refractivity contribution >= 4 is 43.8 Å². The average Bonchev–Trinajstić information content (AvgIpc) is 2.86. The normalized spacial score (nSPS) is 18.8. The molecule has 0 spiro atoms. The fourth-order valence-electron chi connectivity index (χ4n) is 2.27. The summed E-state index contributed by atoms with van der Waals surface area (Å²) in [6.07, 6.45) is -4.93. The van der Waals surface area contributed by atoms with E-state index in [1.165, 1.54) is 7.11 Å². The molecular weight excluding hydrogens is 489 g/mol. The summed E-state index contributed by atoms with van der Waals surface area (Å²) in [6, 6.07) is 4.20. The molecule has 0 aliphatic carbocycles. The maximum Gasteiger partial charge on any atom is 0.490 e. The highest BCUT2D eigenvalue weighted by Gasteiger charge is 2.39.